The molecule has 1 saturated heterocycles. The Morgan fingerprint density at radius 1 is 1.11 bits per heavy atom. The molecule has 0 atom stereocenters. The van der Waals surface area contributed by atoms with Crippen molar-refractivity contribution in [1.29, 1.82) is 0 Å². The first-order chi connectivity index (χ1) is 13.6. The Bertz CT molecular complexity index is 905. The Kier molecular flexibility index (Phi) is 5.36. The number of benzene rings is 1. The molecular weight excluding hydrogens is 360 g/mol. The average Bonchev–Trinajstić information content (AvgIpc) is 3.14. The van der Waals surface area contributed by atoms with Gasteiger partial charge >= 0.3 is 0 Å². The Morgan fingerprint density at radius 3 is 2.61 bits per heavy atom. The first-order valence-electron chi connectivity index (χ1n) is 9.53. The summed E-state index contributed by atoms with van der Waals surface area (Å²) in [7, 11) is 0. The van der Waals surface area contributed by atoms with Crippen LogP contribution in [0.25, 0.3) is 0 Å². The molecular formula is C19H24N6O3. The van der Waals surface area contributed by atoms with E-state index in [0.29, 0.717) is 38.8 Å². The molecule has 148 valence electrons. The highest BCUT2D eigenvalue weighted by molar-refractivity contribution is 5.91. The van der Waals surface area contributed by atoms with Gasteiger partial charge in [-0.2, -0.15) is 0 Å². The molecule has 0 saturated carbocycles. The van der Waals surface area contributed by atoms with E-state index in [2.05, 4.69) is 20.4 Å². The summed E-state index contributed by atoms with van der Waals surface area (Å²) in [5, 5.41) is 10.9. The predicted octanol–water partition coefficient (Wildman–Crippen LogP) is 0.160. The van der Waals surface area contributed by atoms with Crippen LogP contribution in [0.5, 0.6) is 0 Å². The van der Waals surface area contributed by atoms with Crippen molar-refractivity contribution in [2.75, 3.05) is 50.8 Å². The summed E-state index contributed by atoms with van der Waals surface area (Å²) in [5.41, 5.74) is 1.56. The van der Waals surface area contributed by atoms with Crippen LogP contribution in [-0.2, 0) is 11.3 Å². The van der Waals surface area contributed by atoms with E-state index in [1.807, 2.05) is 36.1 Å². The van der Waals surface area contributed by atoms with Crippen LogP contribution in [0.2, 0.25) is 0 Å². The topological polar surface area (TPSA) is 92.6 Å². The summed E-state index contributed by atoms with van der Waals surface area (Å²) in [6, 6.07) is 8.01. The van der Waals surface area contributed by atoms with Crippen molar-refractivity contribution in [2.24, 2.45) is 0 Å². The van der Waals surface area contributed by atoms with Gasteiger partial charge in [-0.3, -0.25) is 19.1 Å². The molecule has 2 aliphatic heterocycles. The number of amides is 1. The highest BCUT2D eigenvalue weighted by atomic mass is 16.5. The van der Waals surface area contributed by atoms with Crippen molar-refractivity contribution in [1.82, 2.24) is 25.0 Å². The van der Waals surface area contributed by atoms with Gasteiger partial charge in [0.15, 0.2) is 0 Å². The largest absolute Gasteiger partial charge is 0.379 e. The first kappa shape index (κ1) is 18.6. The zero-order valence-electron chi connectivity index (χ0n) is 15.9. The molecule has 1 aromatic heterocycles. The molecule has 0 radical (unpaired) electrons. The van der Waals surface area contributed by atoms with Gasteiger partial charge in [0, 0.05) is 45.0 Å². The van der Waals surface area contributed by atoms with Gasteiger partial charge in [0.2, 0.25) is 11.6 Å². The van der Waals surface area contributed by atoms with Crippen molar-refractivity contribution in [2.45, 2.75) is 13.5 Å². The fraction of sp³-hybridized carbons (Fsp3) is 0.474. The number of fused-ring (bicyclic) bond motifs is 1. The minimum atomic E-state index is -0.477. The van der Waals surface area contributed by atoms with Crippen LogP contribution in [0.3, 0.4) is 0 Å². The highest BCUT2D eigenvalue weighted by Gasteiger charge is 2.27. The number of carbonyl (C=O) groups excluding carboxylic acids is 1. The molecule has 1 amide bonds. The number of rotatable bonds is 5. The van der Waals surface area contributed by atoms with Gasteiger partial charge in [0.25, 0.3) is 11.5 Å². The lowest BCUT2D eigenvalue weighted by Gasteiger charge is -2.26. The van der Waals surface area contributed by atoms with Crippen LogP contribution in [0.1, 0.15) is 16.1 Å². The van der Waals surface area contributed by atoms with Crippen molar-refractivity contribution in [3.63, 3.8) is 0 Å². The molecule has 9 nitrogen and oxygen atoms in total. The Morgan fingerprint density at radius 2 is 1.86 bits per heavy atom. The minimum absolute atomic E-state index is 0.156. The summed E-state index contributed by atoms with van der Waals surface area (Å²) in [6.45, 7) is 7.42. The molecule has 9 heteroatoms. The number of aryl methyl sites for hydroxylation is 1. The van der Waals surface area contributed by atoms with Crippen LogP contribution in [0.4, 0.5) is 11.6 Å². The van der Waals surface area contributed by atoms with Gasteiger partial charge in [-0.15, -0.1) is 10.2 Å². The van der Waals surface area contributed by atoms with Gasteiger partial charge in [-0.1, -0.05) is 17.7 Å². The van der Waals surface area contributed by atoms with E-state index in [4.69, 9.17) is 4.74 Å². The maximum atomic E-state index is 12.7. The van der Waals surface area contributed by atoms with Gasteiger partial charge in [0.1, 0.15) is 0 Å². The van der Waals surface area contributed by atoms with Crippen LogP contribution >= 0.6 is 0 Å². The molecule has 1 fully saturated rings. The van der Waals surface area contributed by atoms with Crippen molar-refractivity contribution < 1.29 is 9.53 Å². The summed E-state index contributed by atoms with van der Waals surface area (Å²) in [4.78, 5) is 29.3. The third kappa shape index (κ3) is 3.76. The quantitative estimate of drug-likeness (QED) is 0.785. The lowest BCUT2D eigenvalue weighted by molar-refractivity contribution is 0.0383. The molecule has 2 aliphatic rings. The molecule has 2 aromatic rings. The van der Waals surface area contributed by atoms with Gasteiger partial charge in [-0.25, -0.2) is 0 Å². The van der Waals surface area contributed by atoms with E-state index in [0.717, 1.165) is 30.9 Å². The van der Waals surface area contributed by atoms with E-state index in [9.17, 15) is 9.59 Å². The predicted molar refractivity (Wildman–Crippen MR) is 104 cm³/mol. The average molecular weight is 384 g/mol. The number of ether oxygens (including phenoxy) is 1. The Labute approximate surface area is 162 Å². The van der Waals surface area contributed by atoms with E-state index in [1.165, 1.54) is 4.57 Å². The van der Waals surface area contributed by atoms with Crippen molar-refractivity contribution in [3.05, 3.63) is 45.9 Å². The molecule has 4 rings (SSSR count). The molecule has 0 bridgehead atoms. The van der Waals surface area contributed by atoms with E-state index in [-0.39, 0.29) is 5.69 Å². The van der Waals surface area contributed by atoms with E-state index >= 15 is 0 Å². The first-order valence-corrected chi connectivity index (χ1v) is 9.53. The normalized spacial score (nSPS) is 16.8. The molecule has 0 aliphatic carbocycles. The lowest BCUT2D eigenvalue weighted by Crippen LogP contribution is -2.42. The molecule has 3 heterocycles. The SMILES string of the molecule is Cc1ccc(N2CCn3c2nnc(C(=O)NCCN2CCOCC2)c3=O)cc1. The van der Waals surface area contributed by atoms with E-state index < -0.39 is 11.5 Å². The minimum Gasteiger partial charge on any atom is -0.379 e. The summed E-state index contributed by atoms with van der Waals surface area (Å²) in [5.74, 6) is -0.00596. The van der Waals surface area contributed by atoms with Crippen molar-refractivity contribution >= 4 is 17.5 Å². The lowest BCUT2D eigenvalue weighted by atomic mass is 10.2. The number of morpholine rings is 1. The molecule has 0 spiro atoms. The third-order valence-corrected chi connectivity index (χ3v) is 5.10. The number of hydrogen-bond donors (Lipinski definition) is 1. The molecule has 1 N–H and O–H groups in total. The van der Waals surface area contributed by atoms with Gasteiger partial charge < -0.3 is 15.0 Å². The summed E-state index contributed by atoms with van der Waals surface area (Å²) >= 11 is 0. The zero-order chi connectivity index (χ0) is 19.5. The zero-order valence-corrected chi connectivity index (χ0v) is 15.9. The maximum Gasteiger partial charge on any atom is 0.286 e. The monoisotopic (exact) mass is 384 g/mol. The second-order valence-electron chi connectivity index (χ2n) is 7.00. The second-order valence-corrected chi connectivity index (χ2v) is 7.00. The number of anilines is 2. The fourth-order valence-electron chi connectivity index (χ4n) is 3.46. The van der Waals surface area contributed by atoms with Gasteiger partial charge in [-0.05, 0) is 19.1 Å². The Hall–Kier alpha value is -2.78. The number of hydrogen-bond acceptors (Lipinski definition) is 7. The summed E-state index contributed by atoms with van der Waals surface area (Å²) < 4.78 is 6.82. The smallest absolute Gasteiger partial charge is 0.286 e. The number of carbonyl (C=O) groups is 1. The molecule has 1 aromatic carbocycles. The van der Waals surface area contributed by atoms with Crippen LogP contribution in [0, 0.1) is 6.92 Å². The number of nitrogens with zero attached hydrogens (tertiary/aromatic N) is 5. The molecule has 28 heavy (non-hydrogen) atoms. The Balaban J connectivity index is 1.44. The number of nitrogens with one attached hydrogen (secondary N) is 1. The number of aromatic nitrogens is 3. The van der Waals surface area contributed by atoms with E-state index in [1.54, 1.807) is 0 Å². The van der Waals surface area contributed by atoms with Crippen molar-refractivity contribution in [3.8, 4) is 0 Å². The third-order valence-electron chi connectivity index (χ3n) is 5.10. The second kappa shape index (κ2) is 8.07. The highest BCUT2D eigenvalue weighted by Crippen LogP contribution is 2.26. The van der Waals surface area contributed by atoms with Gasteiger partial charge in [0.05, 0.1) is 13.2 Å². The fourth-order valence-corrected chi connectivity index (χ4v) is 3.46. The maximum absolute atomic E-state index is 12.7. The molecule has 0 unspecified atom stereocenters. The summed E-state index contributed by atoms with van der Waals surface area (Å²) in [6.07, 6.45) is 0. The van der Waals surface area contributed by atoms with Crippen LogP contribution in [-0.4, -0.2) is 71.5 Å². The van der Waals surface area contributed by atoms with Crippen LogP contribution in [0.15, 0.2) is 29.1 Å². The van der Waals surface area contributed by atoms with Crippen LogP contribution < -0.4 is 15.8 Å². The standard InChI is InChI=1S/C19H24N6O3/c1-14-2-4-15(5-3-14)24-8-9-25-18(27)16(21-22-19(24)25)17(26)20-6-7-23-10-12-28-13-11-23/h2-5H,6-13H2,1H3,(H,20,26).